The van der Waals surface area contributed by atoms with Crippen molar-refractivity contribution in [3.8, 4) is 5.75 Å². The van der Waals surface area contributed by atoms with Gasteiger partial charge in [0.1, 0.15) is 5.75 Å². The van der Waals surface area contributed by atoms with Gasteiger partial charge in [-0.15, -0.1) is 0 Å². The highest BCUT2D eigenvalue weighted by Gasteiger charge is 1.95. The summed E-state index contributed by atoms with van der Waals surface area (Å²) >= 11 is 0. The molecule has 0 aliphatic rings. The van der Waals surface area contributed by atoms with Crippen molar-refractivity contribution in [3.05, 3.63) is 29.8 Å². The fraction of sp³-hybridized carbons (Fsp3) is 0.500. The van der Waals surface area contributed by atoms with Crippen LogP contribution in [0.5, 0.6) is 5.75 Å². The molecular formula is C16H25N3O2. The van der Waals surface area contributed by atoms with Gasteiger partial charge in [-0.3, -0.25) is 0 Å². The van der Waals surface area contributed by atoms with Gasteiger partial charge in [-0.25, -0.2) is 10.2 Å². The first-order valence-corrected chi connectivity index (χ1v) is 7.53. The molecule has 1 aromatic carbocycles. The summed E-state index contributed by atoms with van der Waals surface area (Å²) < 4.78 is 5.68. The summed E-state index contributed by atoms with van der Waals surface area (Å²) in [6, 6.07) is 6.86. The highest BCUT2D eigenvalue weighted by atomic mass is 16.5. The van der Waals surface area contributed by atoms with Crippen molar-refractivity contribution in [1.82, 2.24) is 5.43 Å². The molecule has 0 spiro atoms. The van der Waals surface area contributed by atoms with E-state index in [0.717, 1.165) is 24.3 Å². The first kappa shape index (κ1) is 17.0. The molecule has 3 N–H and O–H groups in total. The lowest BCUT2D eigenvalue weighted by molar-refractivity contribution is 0.249. The molecule has 0 unspecified atom stereocenters. The van der Waals surface area contributed by atoms with E-state index < -0.39 is 6.03 Å². The van der Waals surface area contributed by atoms with Crippen LogP contribution in [-0.2, 0) is 0 Å². The Bertz CT molecular complexity index is 430. The maximum absolute atomic E-state index is 10.5. The number of carbonyl (C=O) groups excluding carboxylic acids is 1. The lowest BCUT2D eigenvalue weighted by Gasteiger charge is -2.06. The van der Waals surface area contributed by atoms with Crippen molar-refractivity contribution in [2.45, 2.75) is 45.4 Å². The van der Waals surface area contributed by atoms with Crippen molar-refractivity contribution in [1.29, 1.82) is 0 Å². The van der Waals surface area contributed by atoms with E-state index >= 15 is 0 Å². The Morgan fingerprint density at radius 1 is 1.19 bits per heavy atom. The summed E-state index contributed by atoms with van der Waals surface area (Å²) in [7, 11) is 0. The van der Waals surface area contributed by atoms with Gasteiger partial charge in [0.05, 0.1) is 12.8 Å². The molecule has 5 heteroatoms. The van der Waals surface area contributed by atoms with Crippen molar-refractivity contribution in [3.63, 3.8) is 0 Å². The van der Waals surface area contributed by atoms with Crippen LogP contribution in [0.15, 0.2) is 29.4 Å². The van der Waals surface area contributed by atoms with Gasteiger partial charge in [0, 0.05) is 0 Å². The number of hydrogen-bond acceptors (Lipinski definition) is 3. The van der Waals surface area contributed by atoms with Crippen LogP contribution in [0.2, 0.25) is 0 Å². The predicted molar refractivity (Wildman–Crippen MR) is 85.6 cm³/mol. The van der Waals surface area contributed by atoms with Gasteiger partial charge >= 0.3 is 6.03 Å². The molecule has 0 saturated heterocycles. The third-order valence-electron chi connectivity index (χ3n) is 3.04. The highest BCUT2D eigenvalue weighted by Crippen LogP contribution is 2.12. The molecule has 21 heavy (non-hydrogen) atoms. The second kappa shape index (κ2) is 10.7. The summed E-state index contributed by atoms with van der Waals surface area (Å²) in [5.74, 6) is 0.851. The van der Waals surface area contributed by atoms with E-state index in [0.29, 0.717) is 0 Å². The summed E-state index contributed by atoms with van der Waals surface area (Å²) in [5, 5.41) is 3.69. The zero-order chi connectivity index (χ0) is 15.3. The lowest BCUT2D eigenvalue weighted by Crippen LogP contribution is -2.24. The van der Waals surface area contributed by atoms with Gasteiger partial charge in [0.15, 0.2) is 0 Å². The van der Waals surface area contributed by atoms with Crippen molar-refractivity contribution in [2.24, 2.45) is 10.8 Å². The molecular weight excluding hydrogens is 266 g/mol. The van der Waals surface area contributed by atoms with E-state index in [9.17, 15) is 4.79 Å². The zero-order valence-electron chi connectivity index (χ0n) is 12.7. The van der Waals surface area contributed by atoms with Crippen LogP contribution >= 0.6 is 0 Å². The third kappa shape index (κ3) is 8.68. The number of nitrogens with one attached hydrogen (secondary N) is 1. The van der Waals surface area contributed by atoms with Crippen molar-refractivity contribution in [2.75, 3.05) is 6.61 Å². The van der Waals surface area contributed by atoms with Crippen molar-refractivity contribution >= 4 is 12.2 Å². The normalized spacial score (nSPS) is 10.7. The summed E-state index contributed by atoms with van der Waals surface area (Å²) in [5.41, 5.74) is 7.92. The average Bonchev–Trinajstić information content (AvgIpc) is 2.47. The summed E-state index contributed by atoms with van der Waals surface area (Å²) in [6.45, 7) is 2.98. The molecule has 0 aliphatic carbocycles. The smallest absolute Gasteiger partial charge is 0.332 e. The Labute approximate surface area is 126 Å². The second-order valence-electron chi connectivity index (χ2n) is 4.92. The van der Waals surface area contributed by atoms with E-state index in [2.05, 4.69) is 17.5 Å². The highest BCUT2D eigenvalue weighted by molar-refractivity contribution is 5.81. The predicted octanol–water partition coefficient (Wildman–Crippen LogP) is 3.43. The molecule has 5 nitrogen and oxygen atoms in total. The average molecular weight is 291 g/mol. The minimum absolute atomic E-state index is 0.676. The number of hydrazone groups is 1. The third-order valence-corrected chi connectivity index (χ3v) is 3.04. The largest absolute Gasteiger partial charge is 0.494 e. The molecule has 0 aromatic heterocycles. The molecule has 2 amide bonds. The fourth-order valence-electron chi connectivity index (χ4n) is 1.89. The number of nitrogens with zero attached hydrogens (tertiary/aromatic N) is 1. The molecule has 0 radical (unpaired) electrons. The van der Waals surface area contributed by atoms with Gasteiger partial charge in [-0.1, -0.05) is 39.0 Å². The zero-order valence-corrected chi connectivity index (χ0v) is 12.7. The van der Waals surface area contributed by atoms with Crippen LogP contribution in [0.1, 0.15) is 51.0 Å². The van der Waals surface area contributed by atoms with E-state index in [1.54, 1.807) is 0 Å². The maximum Gasteiger partial charge on any atom is 0.332 e. The minimum Gasteiger partial charge on any atom is -0.494 e. The Balaban J connectivity index is 2.19. The number of ether oxygens (including phenoxy) is 1. The van der Waals surface area contributed by atoms with Crippen LogP contribution in [0.3, 0.4) is 0 Å². The SMILES string of the molecule is CCCCCCCCOc1ccc(C=NNC(N)=O)cc1. The number of nitrogens with two attached hydrogens (primary N) is 1. The molecule has 1 rings (SSSR count). The van der Waals surface area contributed by atoms with E-state index in [-0.39, 0.29) is 0 Å². The molecule has 0 atom stereocenters. The Morgan fingerprint density at radius 3 is 2.52 bits per heavy atom. The summed E-state index contributed by atoms with van der Waals surface area (Å²) in [6.07, 6.45) is 9.07. The van der Waals surface area contributed by atoms with Gasteiger partial charge in [-0.05, 0) is 36.2 Å². The van der Waals surface area contributed by atoms with E-state index in [1.165, 1.54) is 38.3 Å². The van der Waals surface area contributed by atoms with Gasteiger partial charge in [-0.2, -0.15) is 5.10 Å². The van der Waals surface area contributed by atoms with Gasteiger partial charge < -0.3 is 10.5 Å². The number of carbonyl (C=O) groups is 1. The number of hydrogen-bond donors (Lipinski definition) is 2. The van der Waals surface area contributed by atoms with Gasteiger partial charge in [0.25, 0.3) is 0 Å². The number of urea groups is 1. The number of unbranched alkanes of at least 4 members (excludes halogenated alkanes) is 5. The topological polar surface area (TPSA) is 76.7 Å². The second-order valence-corrected chi connectivity index (χ2v) is 4.92. The first-order valence-electron chi connectivity index (χ1n) is 7.53. The van der Waals surface area contributed by atoms with E-state index in [1.807, 2.05) is 24.3 Å². The molecule has 1 aromatic rings. The van der Waals surface area contributed by atoms with Gasteiger partial charge in [0.2, 0.25) is 0 Å². The fourth-order valence-corrected chi connectivity index (χ4v) is 1.89. The molecule has 0 heterocycles. The number of amides is 2. The van der Waals surface area contributed by atoms with Crippen LogP contribution in [0.25, 0.3) is 0 Å². The Hall–Kier alpha value is -2.04. The van der Waals surface area contributed by atoms with E-state index in [4.69, 9.17) is 10.5 Å². The standard InChI is InChI=1S/C16H25N3O2/c1-2-3-4-5-6-7-12-21-15-10-8-14(9-11-15)13-18-19-16(17)20/h8-11,13H,2-7,12H2,1H3,(H3,17,19,20). The lowest BCUT2D eigenvalue weighted by atomic mass is 10.1. The number of benzene rings is 1. The van der Waals surface area contributed by atoms with Crippen molar-refractivity contribution < 1.29 is 9.53 Å². The monoisotopic (exact) mass is 291 g/mol. The quantitative estimate of drug-likeness (QED) is 0.393. The molecule has 0 bridgehead atoms. The Morgan fingerprint density at radius 2 is 1.86 bits per heavy atom. The maximum atomic E-state index is 10.5. The molecule has 116 valence electrons. The molecule has 0 fully saturated rings. The molecule has 0 aliphatic heterocycles. The number of rotatable bonds is 10. The Kier molecular flexibility index (Phi) is 8.68. The minimum atomic E-state index is -0.676. The van der Waals surface area contributed by atoms with Crippen LogP contribution in [0.4, 0.5) is 4.79 Å². The number of primary amides is 1. The summed E-state index contributed by atoms with van der Waals surface area (Å²) in [4.78, 5) is 10.5. The molecule has 0 saturated carbocycles. The van der Waals surface area contributed by atoms with Crippen LogP contribution in [0, 0.1) is 0 Å². The van der Waals surface area contributed by atoms with Crippen LogP contribution < -0.4 is 15.9 Å². The van der Waals surface area contributed by atoms with Crippen LogP contribution in [-0.4, -0.2) is 18.9 Å². The first-order chi connectivity index (χ1) is 10.2.